The average Bonchev–Trinajstić information content (AvgIpc) is 3.16. The molecule has 3 fully saturated rings. The molecule has 0 aliphatic carbocycles. The molecule has 2 bridgehead atoms. The molecule has 4 heterocycles. The van der Waals surface area contributed by atoms with Crippen molar-refractivity contribution in [1.29, 1.82) is 0 Å². The van der Waals surface area contributed by atoms with Crippen molar-refractivity contribution in [3.63, 3.8) is 0 Å². The first-order chi connectivity index (χ1) is 22.7. The Morgan fingerprint density at radius 2 is 1.49 bits per heavy atom. The summed E-state index contributed by atoms with van der Waals surface area (Å²) in [6, 6.07) is 22.8. The second-order valence-corrected chi connectivity index (χ2v) is 16.6. The van der Waals surface area contributed by atoms with E-state index in [0.29, 0.717) is 11.5 Å². The number of anilines is 1. The molecule has 8 heteroatoms. The third kappa shape index (κ3) is 7.38. The highest BCUT2D eigenvalue weighted by atomic mass is 32.3. The van der Waals surface area contributed by atoms with Crippen LogP contribution in [0.2, 0.25) is 0 Å². The Kier molecular flexibility index (Phi) is 10.6. The topological polar surface area (TPSA) is 85.2 Å². The summed E-state index contributed by atoms with van der Waals surface area (Å²) in [6.07, 6.45) is 4.64. The zero-order valence-electron chi connectivity index (χ0n) is 28.7. The van der Waals surface area contributed by atoms with Crippen LogP contribution in [-0.4, -0.2) is 81.8 Å². The van der Waals surface area contributed by atoms with Crippen molar-refractivity contribution in [2.75, 3.05) is 57.4 Å². The van der Waals surface area contributed by atoms with E-state index in [2.05, 4.69) is 60.5 Å². The van der Waals surface area contributed by atoms with Gasteiger partial charge in [-0.05, 0) is 59.9 Å². The van der Waals surface area contributed by atoms with Gasteiger partial charge in [0.2, 0.25) is 0 Å². The summed E-state index contributed by atoms with van der Waals surface area (Å²) in [7, 11) is -1.26. The highest BCUT2D eigenvalue weighted by Crippen LogP contribution is 2.62. The van der Waals surface area contributed by atoms with Gasteiger partial charge in [-0.3, -0.25) is 14.0 Å². The Morgan fingerprint density at radius 3 is 2.09 bits per heavy atom. The van der Waals surface area contributed by atoms with Crippen LogP contribution in [0.25, 0.3) is 0 Å². The van der Waals surface area contributed by atoms with E-state index in [1.165, 1.54) is 49.3 Å². The van der Waals surface area contributed by atoms with Gasteiger partial charge in [-0.25, -0.2) is 0 Å². The highest BCUT2D eigenvalue weighted by molar-refractivity contribution is 8.24. The second-order valence-electron chi connectivity index (χ2n) is 14.5. The summed E-state index contributed by atoms with van der Waals surface area (Å²) in [4.78, 5) is 3.15. The number of hydrogen-bond acceptors (Lipinski definition) is 6. The lowest BCUT2D eigenvalue weighted by molar-refractivity contribution is -0.953. The van der Waals surface area contributed by atoms with Crippen LogP contribution < -0.4 is 10.1 Å². The van der Waals surface area contributed by atoms with Gasteiger partial charge in [0.25, 0.3) is 0 Å². The molecule has 47 heavy (non-hydrogen) atoms. The maximum Gasteiger partial charge on any atom is 0.119 e. The minimum atomic E-state index is -3.12. The van der Waals surface area contributed by atoms with Gasteiger partial charge in [-0.15, -0.1) is 0 Å². The number of nitrogens with one attached hydrogen (secondary N) is 1. The first kappa shape index (κ1) is 34.3. The predicted octanol–water partition coefficient (Wildman–Crippen LogP) is 7.94. The lowest BCUT2D eigenvalue weighted by Gasteiger charge is -2.50. The molecular formula is C39H56N3O4S+. The van der Waals surface area contributed by atoms with Crippen LogP contribution in [0, 0.1) is 5.41 Å². The molecule has 7 nitrogen and oxygen atoms in total. The van der Waals surface area contributed by atoms with E-state index in [4.69, 9.17) is 4.74 Å². The molecule has 3 saturated heterocycles. The van der Waals surface area contributed by atoms with E-state index in [9.17, 15) is 14.2 Å². The molecule has 0 spiro atoms. The van der Waals surface area contributed by atoms with Gasteiger partial charge < -0.3 is 19.6 Å². The number of ether oxygens (including phenoxy) is 1. The Morgan fingerprint density at radius 1 is 0.872 bits per heavy atom. The molecule has 0 radical (unpaired) electrons. The lowest BCUT2D eigenvalue weighted by atomic mass is 9.68. The van der Waals surface area contributed by atoms with Crippen molar-refractivity contribution in [2.45, 2.75) is 82.4 Å². The summed E-state index contributed by atoms with van der Waals surface area (Å²) in [5.74, 6) is 0.584. The molecule has 3 aromatic rings. The molecule has 0 amide bonds. The van der Waals surface area contributed by atoms with Crippen molar-refractivity contribution in [1.82, 2.24) is 4.90 Å². The Labute approximate surface area is 283 Å². The Bertz CT molecular complexity index is 1450. The SMILES string of the molecule is CCCCC1(CCCC)CS(O)(O)c2ccc(NC)cc2[C@@H](c2ccc(OCc3ccc(C[N+]45CCN(CC4)CC5)cc3)cc2)[C@H]1O. The van der Waals surface area contributed by atoms with Crippen LogP contribution in [0.3, 0.4) is 0 Å². The highest BCUT2D eigenvalue weighted by Gasteiger charge is 2.49. The second kappa shape index (κ2) is 14.5. The molecule has 7 rings (SSSR count). The smallest absolute Gasteiger partial charge is 0.119 e. The standard InChI is InChI=1S/C39H55N3O4S/c1-4-6-18-39(19-7-5-2)29-47(44,45)36-17-14-33(40-3)26-35(36)37(38(39)43)32-12-15-34(16-13-32)46-28-31-10-8-30(9-11-31)27-42-23-20-41(21-24-42)22-25-42/h8-17,26,37-38,40,43H,4-7,18-25,27-29H2,1-3H3,(H-,44,45)/p+1/t37-,38-/m1/s1. The van der Waals surface area contributed by atoms with E-state index in [1.807, 2.05) is 37.4 Å². The zero-order valence-corrected chi connectivity index (χ0v) is 29.5. The summed E-state index contributed by atoms with van der Waals surface area (Å²) in [6.45, 7) is 13.4. The quantitative estimate of drug-likeness (QED) is 0.139. The van der Waals surface area contributed by atoms with Crippen molar-refractivity contribution in [3.05, 3.63) is 89.0 Å². The van der Waals surface area contributed by atoms with Gasteiger partial charge in [-0.1, -0.05) is 75.9 Å². The summed E-state index contributed by atoms with van der Waals surface area (Å²) in [5, 5.41) is 15.6. The number of aliphatic hydroxyl groups excluding tert-OH is 1. The van der Waals surface area contributed by atoms with Crippen molar-refractivity contribution >= 4 is 16.3 Å². The van der Waals surface area contributed by atoms with Gasteiger partial charge in [0.1, 0.15) is 18.9 Å². The van der Waals surface area contributed by atoms with Crippen LogP contribution >= 0.6 is 10.6 Å². The third-order valence-corrected chi connectivity index (χ3v) is 13.4. The fourth-order valence-corrected chi connectivity index (χ4v) is 10.6. The molecule has 4 aliphatic rings. The van der Waals surface area contributed by atoms with E-state index in [1.54, 1.807) is 0 Å². The number of aliphatic hydroxyl groups is 1. The van der Waals surface area contributed by atoms with E-state index >= 15 is 0 Å². The Hall–Kier alpha value is -2.59. The number of benzene rings is 3. The Balaban J connectivity index is 1.22. The monoisotopic (exact) mass is 662 g/mol. The van der Waals surface area contributed by atoms with Crippen molar-refractivity contribution in [2.24, 2.45) is 5.41 Å². The predicted molar refractivity (Wildman–Crippen MR) is 194 cm³/mol. The molecular weight excluding hydrogens is 607 g/mol. The van der Waals surface area contributed by atoms with Gasteiger partial charge in [-0.2, -0.15) is 10.6 Å². The summed E-state index contributed by atoms with van der Waals surface area (Å²) >= 11 is 0. The molecule has 256 valence electrons. The average molecular weight is 663 g/mol. The van der Waals surface area contributed by atoms with Gasteiger partial charge >= 0.3 is 0 Å². The normalized spacial score (nSPS) is 26.6. The third-order valence-electron chi connectivity index (χ3n) is 11.3. The maximum atomic E-state index is 12.4. The largest absolute Gasteiger partial charge is 0.489 e. The van der Waals surface area contributed by atoms with Crippen LogP contribution in [0.4, 0.5) is 5.69 Å². The molecule has 4 N–H and O–H groups in total. The van der Waals surface area contributed by atoms with Crippen LogP contribution in [0.1, 0.15) is 80.5 Å². The zero-order chi connectivity index (χ0) is 33.1. The molecule has 0 saturated carbocycles. The number of quaternary nitrogens is 1. The number of piperazine rings is 3. The van der Waals surface area contributed by atoms with Gasteiger partial charge in [0, 0.05) is 49.3 Å². The molecule has 2 atom stereocenters. The van der Waals surface area contributed by atoms with E-state index in [0.717, 1.165) is 73.2 Å². The number of hydrogen-bond donors (Lipinski definition) is 4. The number of unbranched alkanes of at least 4 members (excludes halogenated alkanes) is 2. The molecule has 0 aromatic heterocycles. The first-order valence-electron chi connectivity index (χ1n) is 17.8. The fraction of sp³-hybridized carbons (Fsp3) is 0.538. The minimum absolute atomic E-state index is 0.197. The molecule has 3 aromatic carbocycles. The number of rotatable bonds is 13. The van der Waals surface area contributed by atoms with Crippen LogP contribution in [0.15, 0.2) is 71.6 Å². The maximum absolute atomic E-state index is 12.4. The van der Waals surface area contributed by atoms with Crippen LogP contribution in [0.5, 0.6) is 5.75 Å². The van der Waals surface area contributed by atoms with Crippen molar-refractivity contribution < 1.29 is 23.4 Å². The van der Waals surface area contributed by atoms with Gasteiger partial charge in [0.15, 0.2) is 0 Å². The van der Waals surface area contributed by atoms with E-state index in [-0.39, 0.29) is 5.75 Å². The first-order valence-corrected chi connectivity index (χ1v) is 19.6. The minimum Gasteiger partial charge on any atom is -0.489 e. The van der Waals surface area contributed by atoms with Crippen molar-refractivity contribution in [3.8, 4) is 5.75 Å². The van der Waals surface area contributed by atoms with Gasteiger partial charge in [0.05, 0.1) is 36.4 Å². The number of fused-ring (bicyclic) bond motifs is 4. The fourth-order valence-electron chi connectivity index (χ4n) is 8.35. The summed E-state index contributed by atoms with van der Waals surface area (Å²) in [5.41, 5.74) is 4.61. The summed E-state index contributed by atoms with van der Waals surface area (Å²) < 4.78 is 30.9. The molecule has 4 aliphatic heterocycles. The number of nitrogens with zero attached hydrogens (tertiary/aromatic N) is 2. The molecule has 0 unspecified atom stereocenters. The van der Waals surface area contributed by atoms with Crippen LogP contribution in [-0.2, 0) is 13.2 Å². The van der Waals surface area contributed by atoms with E-state index < -0.39 is 28.0 Å². The lowest BCUT2D eigenvalue weighted by Crippen LogP contribution is -2.66.